The standard InChI is InChI=1S/C17H17NO3/c19-14-7-1-4-12(10-14)11-16(21)18-9-3-6-13-5-2-8-15(20)17(13)18/h1-2,4-5,7-8,10,19-20H,3,6,9,11H2. The molecule has 21 heavy (non-hydrogen) atoms. The number of para-hydroxylation sites is 1. The molecule has 0 radical (unpaired) electrons. The first-order valence-electron chi connectivity index (χ1n) is 7.04. The van der Waals surface area contributed by atoms with Crippen LogP contribution in [-0.2, 0) is 17.6 Å². The van der Waals surface area contributed by atoms with E-state index in [4.69, 9.17) is 0 Å². The Bertz CT molecular complexity index is 681. The van der Waals surface area contributed by atoms with Crippen LogP contribution < -0.4 is 4.90 Å². The highest BCUT2D eigenvalue weighted by Gasteiger charge is 2.25. The fourth-order valence-corrected chi connectivity index (χ4v) is 2.82. The smallest absolute Gasteiger partial charge is 0.231 e. The molecular weight excluding hydrogens is 266 g/mol. The number of hydrogen-bond donors (Lipinski definition) is 2. The third-order valence-corrected chi connectivity index (χ3v) is 3.76. The summed E-state index contributed by atoms with van der Waals surface area (Å²) in [6.07, 6.45) is 1.98. The number of amides is 1. The van der Waals surface area contributed by atoms with Gasteiger partial charge in [0.05, 0.1) is 12.1 Å². The minimum atomic E-state index is -0.0666. The molecule has 4 nitrogen and oxygen atoms in total. The number of phenolic OH excluding ortho intramolecular Hbond substituents is 2. The van der Waals surface area contributed by atoms with E-state index in [9.17, 15) is 15.0 Å². The second-order valence-corrected chi connectivity index (χ2v) is 5.28. The second-order valence-electron chi connectivity index (χ2n) is 5.28. The van der Waals surface area contributed by atoms with Crippen molar-refractivity contribution in [3.63, 3.8) is 0 Å². The number of aryl methyl sites for hydroxylation is 1. The van der Waals surface area contributed by atoms with E-state index < -0.39 is 0 Å². The van der Waals surface area contributed by atoms with Crippen LogP contribution in [0.4, 0.5) is 5.69 Å². The number of hydrogen-bond acceptors (Lipinski definition) is 3. The van der Waals surface area contributed by atoms with Crippen LogP contribution in [0.5, 0.6) is 11.5 Å². The van der Waals surface area contributed by atoms with Gasteiger partial charge in [-0.15, -0.1) is 0 Å². The van der Waals surface area contributed by atoms with E-state index >= 15 is 0 Å². The van der Waals surface area contributed by atoms with Gasteiger partial charge in [-0.05, 0) is 42.2 Å². The molecule has 1 aliphatic rings. The Morgan fingerprint density at radius 2 is 1.95 bits per heavy atom. The number of anilines is 1. The maximum absolute atomic E-state index is 12.5. The summed E-state index contributed by atoms with van der Waals surface area (Å²) in [6, 6.07) is 12.1. The van der Waals surface area contributed by atoms with Crippen LogP contribution in [0.1, 0.15) is 17.5 Å². The second kappa shape index (κ2) is 5.48. The number of carbonyl (C=O) groups is 1. The summed E-state index contributed by atoms with van der Waals surface area (Å²) in [5.41, 5.74) is 2.40. The van der Waals surface area contributed by atoms with Gasteiger partial charge >= 0.3 is 0 Å². The van der Waals surface area contributed by atoms with Gasteiger partial charge in [0, 0.05) is 6.54 Å². The molecule has 0 saturated carbocycles. The highest BCUT2D eigenvalue weighted by Crippen LogP contribution is 2.35. The van der Waals surface area contributed by atoms with Crippen LogP contribution in [0, 0.1) is 0 Å². The lowest BCUT2D eigenvalue weighted by Gasteiger charge is -2.30. The van der Waals surface area contributed by atoms with Crippen LogP contribution in [0.25, 0.3) is 0 Å². The van der Waals surface area contributed by atoms with Crippen molar-refractivity contribution in [2.24, 2.45) is 0 Å². The zero-order valence-electron chi connectivity index (χ0n) is 11.6. The molecular formula is C17H17NO3. The SMILES string of the molecule is O=C(Cc1cccc(O)c1)N1CCCc2cccc(O)c21. The van der Waals surface area contributed by atoms with Gasteiger partial charge in [-0.25, -0.2) is 0 Å². The molecule has 0 fully saturated rings. The molecule has 4 heteroatoms. The Kier molecular flexibility index (Phi) is 3.52. The fraction of sp³-hybridized carbons (Fsp3) is 0.235. The number of carbonyl (C=O) groups excluding carboxylic acids is 1. The first-order valence-corrected chi connectivity index (χ1v) is 7.04. The number of aromatic hydroxyl groups is 2. The number of phenols is 2. The van der Waals surface area contributed by atoms with Crippen LogP contribution in [0.2, 0.25) is 0 Å². The topological polar surface area (TPSA) is 60.8 Å². The maximum atomic E-state index is 12.5. The third kappa shape index (κ3) is 2.70. The number of nitrogens with zero attached hydrogens (tertiary/aromatic N) is 1. The van der Waals surface area contributed by atoms with Gasteiger partial charge in [-0.2, -0.15) is 0 Å². The molecule has 108 valence electrons. The Hall–Kier alpha value is -2.49. The van der Waals surface area contributed by atoms with Crippen LogP contribution in [-0.4, -0.2) is 22.7 Å². The lowest BCUT2D eigenvalue weighted by Crippen LogP contribution is -2.36. The minimum absolute atomic E-state index is 0.0666. The molecule has 0 aromatic heterocycles. The quantitative estimate of drug-likeness (QED) is 0.890. The summed E-state index contributed by atoms with van der Waals surface area (Å²) < 4.78 is 0. The predicted octanol–water partition coefficient (Wildman–Crippen LogP) is 2.62. The summed E-state index contributed by atoms with van der Waals surface area (Å²) in [4.78, 5) is 14.2. The molecule has 0 unspecified atom stereocenters. The first-order chi connectivity index (χ1) is 10.1. The van der Waals surface area contributed by atoms with Crippen LogP contribution >= 0.6 is 0 Å². The lowest BCUT2D eigenvalue weighted by atomic mass is 10.00. The van der Waals surface area contributed by atoms with Crippen molar-refractivity contribution in [3.8, 4) is 11.5 Å². The third-order valence-electron chi connectivity index (χ3n) is 3.76. The summed E-state index contributed by atoms with van der Waals surface area (Å²) in [7, 11) is 0. The molecule has 0 spiro atoms. The Balaban J connectivity index is 1.87. The molecule has 1 heterocycles. The van der Waals surface area contributed by atoms with Crippen molar-refractivity contribution in [3.05, 3.63) is 53.6 Å². The van der Waals surface area contributed by atoms with Crippen LogP contribution in [0.15, 0.2) is 42.5 Å². The summed E-state index contributed by atoms with van der Waals surface area (Å²) in [5, 5.41) is 19.5. The van der Waals surface area contributed by atoms with E-state index in [0.29, 0.717) is 12.2 Å². The zero-order chi connectivity index (χ0) is 14.8. The highest BCUT2D eigenvalue weighted by molar-refractivity contribution is 5.97. The van der Waals surface area contributed by atoms with E-state index in [-0.39, 0.29) is 23.8 Å². The molecule has 2 aromatic rings. The monoisotopic (exact) mass is 283 g/mol. The summed E-state index contributed by atoms with van der Waals surface area (Å²) in [5.74, 6) is 0.238. The Labute approximate surface area is 123 Å². The molecule has 0 saturated heterocycles. The molecule has 3 rings (SSSR count). The average Bonchev–Trinajstić information content (AvgIpc) is 2.47. The van der Waals surface area contributed by atoms with Crippen LogP contribution in [0.3, 0.4) is 0 Å². The van der Waals surface area contributed by atoms with Gasteiger partial charge in [-0.1, -0.05) is 24.3 Å². The van der Waals surface area contributed by atoms with E-state index in [1.54, 1.807) is 35.2 Å². The number of rotatable bonds is 2. The van der Waals surface area contributed by atoms with E-state index in [2.05, 4.69) is 0 Å². The Morgan fingerprint density at radius 3 is 2.76 bits per heavy atom. The minimum Gasteiger partial charge on any atom is -0.508 e. The molecule has 1 aliphatic heterocycles. The van der Waals surface area contributed by atoms with Gasteiger partial charge < -0.3 is 15.1 Å². The maximum Gasteiger partial charge on any atom is 0.231 e. The summed E-state index contributed by atoms with van der Waals surface area (Å²) >= 11 is 0. The molecule has 0 aliphatic carbocycles. The predicted molar refractivity (Wildman–Crippen MR) is 80.6 cm³/mol. The zero-order valence-corrected chi connectivity index (χ0v) is 11.6. The van der Waals surface area contributed by atoms with E-state index in [0.717, 1.165) is 24.0 Å². The van der Waals surface area contributed by atoms with Gasteiger partial charge in [0.15, 0.2) is 0 Å². The average molecular weight is 283 g/mol. The van der Waals surface area contributed by atoms with Gasteiger partial charge in [-0.3, -0.25) is 4.79 Å². The first kappa shape index (κ1) is 13.5. The van der Waals surface area contributed by atoms with Crippen molar-refractivity contribution < 1.29 is 15.0 Å². The van der Waals surface area contributed by atoms with Gasteiger partial charge in [0.25, 0.3) is 0 Å². The lowest BCUT2D eigenvalue weighted by molar-refractivity contribution is -0.118. The highest BCUT2D eigenvalue weighted by atomic mass is 16.3. The molecule has 1 amide bonds. The molecule has 0 atom stereocenters. The largest absolute Gasteiger partial charge is 0.508 e. The molecule has 2 aromatic carbocycles. The number of fused-ring (bicyclic) bond motifs is 1. The van der Waals surface area contributed by atoms with E-state index in [1.165, 1.54) is 0 Å². The van der Waals surface area contributed by atoms with Crippen molar-refractivity contribution in [2.45, 2.75) is 19.3 Å². The van der Waals surface area contributed by atoms with Gasteiger partial charge in [0.2, 0.25) is 5.91 Å². The molecule has 0 bridgehead atoms. The summed E-state index contributed by atoms with van der Waals surface area (Å²) in [6.45, 7) is 0.613. The van der Waals surface area contributed by atoms with Gasteiger partial charge in [0.1, 0.15) is 11.5 Å². The van der Waals surface area contributed by atoms with E-state index in [1.807, 2.05) is 12.1 Å². The fourth-order valence-electron chi connectivity index (χ4n) is 2.82. The normalized spacial score (nSPS) is 13.8. The Morgan fingerprint density at radius 1 is 1.14 bits per heavy atom. The van der Waals surface area contributed by atoms with Crippen molar-refractivity contribution in [2.75, 3.05) is 11.4 Å². The number of benzene rings is 2. The van der Waals surface area contributed by atoms with Crippen molar-refractivity contribution in [1.29, 1.82) is 0 Å². The van der Waals surface area contributed by atoms with Crippen molar-refractivity contribution >= 4 is 11.6 Å². The van der Waals surface area contributed by atoms with Crippen molar-refractivity contribution in [1.82, 2.24) is 0 Å². The molecule has 2 N–H and O–H groups in total.